The molecule has 0 fully saturated rings. The van der Waals surface area contributed by atoms with E-state index in [9.17, 15) is 0 Å². The second-order valence-corrected chi connectivity index (χ2v) is 4.12. The molecule has 1 N–H and O–H groups in total. The van der Waals surface area contributed by atoms with Crippen molar-refractivity contribution in [1.29, 1.82) is 0 Å². The zero-order valence-corrected chi connectivity index (χ0v) is 10.9. The van der Waals surface area contributed by atoms with Crippen molar-refractivity contribution in [1.82, 2.24) is 20.1 Å². The molecule has 5 nitrogen and oxygen atoms in total. The summed E-state index contributed by atoms with van der Waals surface area (Å²) in [5.74, 6) is 0.789. The van der Waals surface area contributed by atoms with Crippen LogP contribution < -0.4 is 10.1 Å². The monoisotopic (exact) mass is 246 g/mol. The lowest BCUT2D eigenvalue weighted by atomic mass is 10.1. The molecule has 1 unspecified atom stereocenters. The Kier molecular flexibility index (Phi) is 3.94. The van der Waals surface area contributed by atoms with Gasteiger partial charge in [-0.05, 0) is 19.5 Å². The Morgan fingerprint density at radius 2 is 2.17 bits per heavy atom. The molecule has 2 rings (SSSR count). The van der Waals surface area contributed by atoms with E-state index in [-0.39, 0.29) is 6.04 Å². The fourth-order valence-corrected chi connectivity index (χ4v) is 1.81. The van der Waals surface area contributed by atoms with E-state index in [1.165, 1.54) is 0 Å². The van der Waals surface area contributed by atoms with E-state index in [2.05, 4.69) is 29.2 Å². The molecular weight excluding hydrogens is 228 g/mol. The van der Waals surface area contributed by atoms with Crippen LogP contribution in [0.2, 0.25) is 0 Å². The summed E-state index contributed by atoms with van der Waals surface area (Å²) in [4.78, 5) is 4.07. The standard InChI is InChI=1S/C13H18N4O/c1-4-14-10(2)11-7-5-6-8-12(11)18-13-15-9-17(3)16-13/h5-10,14H,4H2,1-3H3. The number of nitrogens with one attached hydrogen (secondary N) is 1. The summed E-state index contributed by atoms with van der Waals surface area (Å²) in [6, 6.07) is 8.52. The molecule has 96 valence electrons. The molecule has 1 atom stereocenters. The number of para-hydroxylation sites is 1. The highest BCUT2D eigenvalue weighted by atomic mass is 16.5. The summed E-state index contributed by atoms with van der Waals surface area (Å²) in [7, 11) is 1.81. The van der Waals surface area contributed by atoms with Crippen molar-refractivity contribution in [3.8, 4) is 11.8 Å². The first kappa shape index (κ1) is 12.6. The lowest BCUT2D eigenvalue weighted by Crippen LogP contribution is -2.18. The van der Waals surface area contributed by atoms with Crippen LogP contribution in [0.5, 0.6) is 11.8 Å². The third-order valence-corrected chi connectivity index (χ3v) is 2.68. The molecule has 0 saturated heterocycles. The molecular formula is C13H18N4O. The Morgan fingerprint density at radius 1 is 1.39 bits per heavy atom. The first-order chi connectivity index (χ1) is 8.70. The quantitative estimate of drug-likeness (QED) is 0.879. The summed E-state index contributed by atoms with van der Waals surface area (Å²) < 4.78 is 7.33. The van der Waals surface area contributed by atoms with Crippen LogP contribution in [0, 0.1) is 0 Å². The average Bonchev–Trinajstić information content (AvgIpc) is 2.76. The Bertz CT molecular complexity index is 509. The molecule has 0 radical (unpaired) electrons. The lowest BCUT2D eigenvalue weighted by Gasteiger charge is -2.16. The number of aryl methyl sites for hydroxylation is 1. The van der Waals surface area contributed by atoms with Gasteiger partial charge < -0.3 is 10.1 Å². The van der Waals surface area contributed by atoms with E-state index >= 15 is 0 Å². The number of hydrogen-bond donors (Lipinski definition) is 1. The molecule has 0 amide bonds. The molecule has 1 aromatic carbocycles. The van der Waals surface area contributed by atoms with Crippen molar-refractivity contribution < 1.29 is 4.74 Å². The second kappa shape index (κ2) is 5.64. The molecule has 0 aliphatic rings. The number of hydrogen-bond acceptors (Lipinski definition) is 4. The largest absolute Gasteiger partial charge is 0.423 e. The molecule has 0 aliphatic carbocycles. The van der Waals surface area contributed by atoms with Gasteiger partial charge in [-0.3, -0.25) is 4.68 Å². The number of benzene rings is 1. The van der Waals surface area contributed by atoms with Crippen LogP contribution in [0.3, 0.4) is 0 Å². The summed E-state index contributed by atoms with van der Waals surface area (Å²) in [5, 5.41) is 7.48. The summed E-state index contributed by atoms with van der Waals surface area (Å²) >= 11 is 0. The van der Waals surface area contributed by atoms with E-state index in [1.807, 2.05) is 31.3 Å². The summed E-state index contributed by atoms with van der Waals surface area (Å²) in [5.41, 5.74) is 1.10. The predicted molar refractivity (Wildman–Crippen MR) is 69.6 cm³/mol. The van der Waals surface area contributed by atoms with Crippen molar-refractivity contribution in [3.63, 3.8) is 0 Å². The van der Waals surface area contributed by atoms with Gasteiger partial charge in [0.25, 0.3) is 0 Å². The molecule has 0 spiro atoms. The van der Waals surface area contributed by atoms with Crippen molar-refractivity contribution in [2.45, 2.75) is 19.9 Å². The van der Waals surface area contributed by atoms with Crippen LogP contribution in [-0.4, -0.2) is 21.3 Å². The van der Waals surface area contributed by atoms with Crippen molar-refractivity contribution in [3.05, 3.63) is 36.2 Å². The first-order valence-corrected chi connectivity index (χ1v) is 6.06. The molecule has 0 saturated carbocycles. The minimum absolute atomic E-state index is 0.231. The van der Waals surface area contributed by atoms with Gasteiger partial charge in [0.05, 0.1) is 0 Å². The maximum absolute atomic E-state index is 5.71. The van der Waals surface area contributed by atoms with Crippen LogP contribution in [-0.2, 0) is 7.05 Å². The van der Waals surface area contributed by atoms with Gasteiger partial charge in [0.1, 0.15) is 12.1 Å². The molecule has 1 aromatic heterocycles. The van der Waals surface area contributed by atoms with Crippen LogP contribution in [0.1, 0.15) is 25.5 Å². The lowest BCUT2D eigenvalue weighted by molar-refractivity contribution is 0.425. The minimum atomic E-state index is 0.231. The Balaban J connectivity index is 2.22. The van der Waals surface area contributed by atoms with E-state index in [0.29, 0.717) is 6.01 Å². The van der Waals surface area contributed by atoms with Crippen molar-refractivity contribution in [2.24, 2.45) is 7.05 Å². The topological polar surface area (TPSA) is 52.0 Å². The molecule has 1 heterocycles. The molecule has 18 heavy (non-hydrogen) atoms. The number of aromatic nitrogens is 3. The fourth-order valence-electron chi connectivity index (χ4n) is 1.81. The smallest absolute Gasteiger partial charge is 0.340 e. The van der Waals surface area contributed by atoms with Gasteiger partial charge in [-0.15, -0.1) is 5.10 Å². The number of nitrogens with zero attached hydrogens (tertiary/aromatic N) is 3. The average molecular weight is 246 g/mol. The number of rotatable bonds is 5. The van der Waals surface area contributed by atoms with Gasteiger partial charge in [0, 0.05) is 18.7 Å². The van der Waals surface area contributed by atoms with E-state index in [4.69, 9.17) is 4.74 Å². The summed E-state index contributed by atoms with van der Waals surface area (Å²) in [6.45, 7) is 5.11. The van der Waals surface area contributed by atoms with Gasteiger partial charge in [0.15, 0.2) is 0 Å². The third kappa shape index (κ3) is 2.87. The Morgan fingerprint density at radius 3 is 2.83 bits per heavy atom. The van der Waals surface area contributed by atoms with E-state index in [1.54, 1.807) is 11.0 Å². The third-order valence-electron chi connectivity index (χ3n) is 2.68. The highest BCUT2D eigenvalue weighted by molar-refractivity contribution is 5.37. The molecule has 0 bridgehead atoms. The van der Waals surface area contributed by atoms with Crippen LogP contribution >= 0.6 is 0 Å². The van der Waals surface area contributed by atoms with Gasteiger partial charge in [0.2, 0.25) is 0 Å². The zero-order chi connectivity index (χ0) is 13.0. The molecule has 2 aromatic rings. The van der Waals surface area contributed by atoms with Crippen molar-refractivity contribution in [2.75, 3.05) is 6.54 Å². The first-order valence-electron chi connectivity index (χ1n) is 6.06. The SMILES string of the molecule is CCNC(C)c1ccccc1Oc1ncn(C)n1. The maximum Gasteiger partial charge on any atom is 0.340 e. The molecule has 5 heteroatoms. The highest BCUT2D eigenvalue weighted by Gasteiger charge is 2.12. The normalized spacial score (nSPS) is 12.4. The zero-order valence-electron chi connectivity index (χ0n) is 10.9. The summed E-state index contributed by atoms with van der Waals surface area (Å²) in [6.07, 6.45) is 1.62. The highest BCUT2D eigenvalue weighted by Crippen LogP contribution is 2.27. The van der Waals surface area contributed by atoms with E-state index in [0.717, 1.165) is 17.9 Å². The van der Waals surface area contributed by atoms with E-state index < -0.39 is 0 Å². The second-order valence-electron chi connectivity index (χ2n) is 4.12. The number of ether oxygens (including phenoxy) is 1. The van der Waals surface area contributed by atoms with Gasteiger partial charge in [-0.2, -0.15) is 4.98 Å². The van der Waals surface area contributed by atoms with Crippen molar-refractivity contribution >= 4 is 0 Å². The van der Waals surface area contributed by atoms with Gasteiger partial charge >= 0.3 is 6.01 Å². The van der Waals surface area contributed by atoms with Gasteiger partial charge in [-0.1, -0.05) is 25.1 Å². The fraction of sp³-hybridized carbons (Fsp3) is 0.385. The van der Waals surface area contributed by atoms with Crippen LogP contribution in [0.25, 0.3) is 0 Å². The van der Waals surface area contributed by atoms with Crippen LogP contribution in [0.4, 0.5) is 0 Å². The van der Waals surface area contributed by atoms with Gasteiger partial charge in [-0.25, -0.2) is 0 Å². The maximum atomic E-state index is 5.71. The minimum Gasteiger partial charge on any atom is -0.423 e. The Labute approximate surface area is 107 Å². The molecule has 0 aliphatic heterocycles. The van der Waals surface area contributed by atoms with Crippen LogP contribution in [0.15, 0.2) is 30.6 Å². The predicted octanol–water partition coefficient (Wildman–Crippen LogP) is 2.28. The Hall–Kier alpha value is -1.88.